The Morgan fingerprint density at radius 2 is 2.11 bits per heavy atom. The fourth-order valence-electron chi connectivity index (χ4n) is 1.44. The molecule has 4 heteroatoms. The highest BCUT2D eigenvalue weighted by molar-refractivity contribution is 5.92. The van der Waals surface area contributed by atoms with E-state index in [2.05, 4.69) is 30.1 Å². The molecule has 1 amide bonds. The molecule has 1 aromatic carbocycles. The maximum absolute atomic E-state index is 11.8. The summed E-state index contributed by atoms with van der Waals surface area (Å²) in [4.78, 5) is 13.9. The minimum Gasteiger partial charge on any atom is -0.325 e. The molecule has 18 heavy (non-hydrogen) atoms. The Bertz CT molecular complexity index is 449. The van der Waals surface area contributed by atoms with Crippen LogP contribution in [0.15, 0.2) is 24.3 Å². The van der Waals surface area contributed by atoms with Crippen molar-refractivity contribution in [2.45, 2.75) is 26.3 Å². The number of hydrogen-bond acceptors (Lipinski definition) is 3. The molecule has 4 nitrogen and oxygen atoms in total. The zero-order chi connectivity index (χ0) is 13.5. The van der Waals surface area contributed by atoms with Crippen molar-refractivity contribution in [3.05, 3.63) is 29.8 Å². The Morgan fingerprint density at radius 1 is 1.44 bits per heavy atom. The lowest BCUT2D eigenvalue weighted by molar-refractivity contribution is -0.116. The molecule has 0 fully saturated rings. The van der Waals surface area contributed by atoms with Gasteiger partial charge in [-0.2, -0.15) is 5.26 Å². The van der Waals surface area contributed by atoms with Crippen LogP contribution in [0.25, 0.3) is 0 Å². The van der Waals surface area contributed by atoms with Gasteiger partial charge in [0.25, 0.3) is 0 Å². The number of para-hydroxylation sites is 1. The first kappa shape index (κ1) is 14.2. The van der Waals surface area contributed by atoms with Crippen LogP contribution < -0.4 is 5.32 Å². The number of rotatable bonds is 5. The Kier molecular flexibility index (Phi) is 5.34. The third-order valence-electron chi connectivity index (χ3n) is 2.89. The normalized spacial score (nSPS) is 10.4. The highest BCUT2D eigenvalue weighted by Crippen LogP contribution is 2.13. The zero-order valence-corrected chi connectivity index (χ0v) is 11.1. The molecule has 0 radical (unpaired) electrons. The second-order valence-electron chi connectivity index (χ2n) is 4.53. The van der Waals surface area contributed by atoms with Crippen molar-refractivity contribution < 1.29 is 4.79 Å². The third kappa shape index (κ3) is 4.19. The average molecular weight is 245 g/mol. The molecule has 1 rings (SSSR count). The van der Waals surface area contributed by atoms with Crippen molar-refractivity contribution in [1.82, 2.24) is 4.90 Å². The molecule has 0 bridgehead atoms. The number of anilines is 1. The van der Waals surface area contributed by atoms with Gasteiger partial charge in [-0.05, 0) is 33.0 Å². The van der Waals surface area contributed by atoms with Gasteiger partial charge in [0.1, 0.15) is 6.07 Å². The van der Waals surface area contributed by atoms with Crippen molar-refractivity contribution in [2.75, 3.05) is 18.9 Å². The molecule has 0 saturated carbocycles. The highest BCUT2D eigenvalue weighted by atomic mass is 16.1. The van der Waals surface area contributed by atoms with E-state index in [0.29, 0.717) is 30.3 Å². The van der Waals surface area contributed by atoms with Gasteiger partial charge in [-0.25, -0.2) is 0 Å². The van der Waals surface area contributed by atoms with Crippen molar-refractivity contribution in [3.8, 4) is 6.07 Å². The Morgan fingerprint density at radius 3 is 2.72 bits per heavy atom. The predicted molar refractivity (Wildman–Crippen MR) is 72.2 cm³/mol. The van der Waals surface area contributed by atoms with Crippen LogP contribution in [0.4, 0.5) is 5.69 Å². The lowest BCUT2D eigenvalue weighted by atomic mass is 10.2. The maximum Gasteiger partial charge on any atom is 0.225 e. The number of carbonyl (C=O) groups excluding carboxylic acids is 1. The molecule has 0 unspecified atom stereocenters. The van der Waals surface area contributed by atoms with Crippen LogP contribution in [-0.2, 0) is 4.79 Å². The number of nitriles is 1. The fourth-order valence-corrected chi connectivity index (χ4v) is 1.44. The smallest absolute Gasteiger partial charge is 0.225 e. The van der Waals surface area contributed by atoms with E-state index in [0.717, 1.165) is 0 Å². The van der Waals surface area contributed by atoms with E-state index < -0.39 is 0 Å². The van der Waals surface area contributed by atoms with E-state index >= 15 is 0 Å². The monoisotopic (exact) mass is 245 g/mol. The number of carbonyl (C=O) groups is 1. The molecule has 0 atom stereocenters. The van der Waals surface area contributed by atoms with Gasteiger partial charge in [0, 0.05) is 19.0 Å². The van der Waals surface area contributed by atoms with Gasteiger partial charge in [0.15, 0.2) is 0 Å². The van der Waals surface area contributed by atoms with Crippen molar-refractivity contribution in [2.24, 2.45) is 0 Å². The van der Waals surface area contributed by atoms with E-state index in [4.69, 9.17) is 5.26 Å². The lowest BCUT2D eigenvalue weighted by Gasteiger charge is -2.20. The second-order valence-corrected chi connectivity index (χ2v) is 4.53. The number of benzene rings is 1. The van der Waals surface area contributed by atoms with Gasteiger partial charge in [0.2, 0.25) is 5.91 Å². The maximum atomic E-state index is 11.8. The van der Waals surface area contributed by atoms with Gasteiger partial charge in [0.05, 0.1) is 11.3 Å². The predicted octanol–water partition coefficient (Wildman–Crippen LogP) is 2.23. The van der Waals surface area contributed by atoms with E-state index in [1.165, 1.54) is 0 Å². The summed E-state index contributed by atoms with van der Waals surface area (Å²) in [5.41, 5.74) is 1.07. The number of amides is 1. The molecule has 0 aliphatic carbocycles. The molecule has 0 aromatic heterocycles. The number of nitrogens with one attached hydrogen (secondary N) is 1. The van der Waals surface area contributed by atoms with Crippen LogP contribution in [0.1, 0.15) is 25.8 Å². The largest absolute Gasteiger partial charge is 0.325 e. The summed E-state index contributed by atoms with van der Waals surface area (Å²) < 4.78 is 0. The summed E-state index contributed by atoms with van der Waals surface area (Å²) >= 11 is 0. The van der Waals surface area contributed by atoms with Crippen LogP contribution >= 0.6 is 0 Å². The summed E-state index contributed by atoms with van der Waals surface area (Å²) in [5, 5.41) is 11.7. The Balaban J connectivity index is 2.53. The SMILES string of the molecule is CC(C)N(C)CCC(=O)Nc1ccccc1C#N. The first-order valence-electron chi connectivity index (χ1n) is 6.03. The highest BCUT2D eigenvalue weighted by Gasteiger charge is 2.09. The number of hydrogen-bond donors (Lipinski definition) is 1. The molecule has 0 aliphatic rings. The summed E-state index contributed by atoms with van der Waals surface area (Å²) in [6.07, 6.45) is 0.425. The molecule has 0 spiro atoms. The van der Waals surface area contributed by atoms with Crippen LogP contribution in [0.2, 0.25) is 0 Å². The van der Waals surface area contributed by atoms with Crippen molar-refractivity contribution in [3.63, 3.8) is 0 Å². The number of nitrogens with zero attached hydrogens (tertiary/aromatic N) is 2. The third-order valence-corrected chi connectivity index (χ3v) is 2.89. The van der Waals surface area contributed by atoms with Gasteiger partial charge in [-0.3, -0.25) is 4.79 Å². The zero-order valence-electron chi connectivity index (χ0n) is 11.1. The Hall–Kier alpha value is -1.86. The molecule has 1 N–H and O–H groups in total. The van der Waals surface area contributed by atoms with Crippen LogP contribution in [-0.4, -0.2) is 30.4 Å². The van der Waals surface area contributed by atoms with Gasteiger partial charge in [-0.15, -0.1) is 0 Å². The van der Waals surface area contributed by atoms with E-state index in [1.807, 2.05) is 7.05 Å². The van der Waals surface area contributed by atoms with Gasteiger partial charge < -0.3 is 10.2 Å². The van der Waals surface area contributed by atoms with Gasteiger partial charge >= 0.3 is 0 Å². The molecule has 0 heterocycles. The fraction of sp³-hybridized carbons (Fsp3) is 0.429. The van der Waals surface area contributed by atoms with E-state index in [1.54, 1.807) is 24.3 Å². The Labute approximate surface area is 108 Å². The quantitative estimate of drug-likeness (QED) is 0.865. The second kappa shape index (κ2) is 6.77. The average Bonchev–Trinajstić information content (AvgIpc) is 2.36. The minimum atomic E-state index is -0.0646. The molecular weight excluding hydrogens is 226 g/mol. The molecule has 96 valence electrons. The summed E-state index contributed by atoms with van der Waals surface area (Å²) in [6.45, 7) is 4.88. The molecule has 0 saturated heterocycles. The molecule has 0 aliphatic heterocycles. The van der Waals surface area contributed by atoms with Crippen LogP contribution in [0.5, 0.6) is 0 Å². The lowest BCUT2D eigenvalue weighted by Crippen LogP contribution is -2.30. The minimum absolute atomic E-state index is 0.0646. The standard InChI is InChI=1S/C14H19N3O/c1-11(2)17(3)9-8-14(18)16-13-7-5-4-6-12(13)10-15/h4-7,11H,8-9H2,1-3H3,(H,16,18). The van der Waals surface area contributed by atoms with Crippen LogP contribution in [0.3, 0.4) is 0 Å². The van der Waals surface area contributed by atoms with Crippen LogP contribution in [0, 0.1) is 11.3 Å². The van der Waals surface area contributed by atoms with E-state index in [9.17, 15) is 4.79 Å². The summed E-state index contributed by atoms with van der Waals surface area (Å²) in [5.74, 6) is -0.0646. The summed E-state index contributed by atoms with van der Waals surface area (Å²) in [7, 11) is 1.99. The topological polar surface area (TPSA) is 56.1 Å². The molecule has 1 aromatic rings. The van der Waals surface area contributed by atoms with Crippen molar-refractivity contribution in [1.29, 1.82) is 5.26 Å². The first-order chi connectivity index (χ1) is 8.54. The molecular formula is C14H19N3O. The van der Waals surface area contributed by atoms with Gasteiger partial charge in [-0.1, -0.05) is 12.1 Å². The van der Waals surface area contributed by atoms with Crippen molar-refractivity contribution >= 4 is 11.6 Å². The summed E-state index contributed by atoms with van der Waals surface area (Å²) in [6, 6.07) is 9.49. The first-order valence-corrected chi connectivity index (χ1v) is 6.03. The van der Waals surface area contributed by atoms with E-state index in [-0.39, 0.29) is 5.91 Å².